The van der Waals surface area contributed by atoms with Gasteiger partial charge in [0.05, 0.1) is 0 Å². The van der Waals surface area contributed by atoms with Gasteiger partial charge in [-0.15, -0.1) is 0 Å². The number of carbonyl (C=O) groups excluding carboxylic acids is 2. The van der Waals surface area contributed by atoms with Crippen molar-refractivity contribution in [3.63, 3.8) is 0 Å². The highest BCUT2D eigenvalue weighted by Crippen LogP contribution is 2.21. The molecule has 1 atom stereocenters. The first kappa shape index (κ1) is 26.3. The van der Waals surface area contributed by atoms with Crippen LogP contribution in [0.5, 0.6) is 5.75 Å². The summed E-state index contributed by atoms with van der Waals surface area (Å²) in [5, 5.41) is 3.60. The number of hydrogen-bond donors (Lipinski definition) is 1. The molecule has 0 aliphatic heterocycles. The maximum absolute atomic E-state index is 13.6. The van der Waals surface area contributed by atoms with Crippen LogP contribution in [0, 0.1) is 13.8 Å². The van der Waals surface area contributed by atoms with Gasteiger partial charge >= 0.3 is 0 Å². The molecule has 3 rings (SSSR count). The second-order valence-electron chi connectivity index (χ2n) is 8.70. The summed E-state index contributed by atoms with van der Waals surface area (Å²) in [6, 6.07) is 22.3. The molecule has 0 saturated heterocycles. The van der Waals surface area contributed by atoms with Crippen molar-refractivity contribution in [2.24, 2.45) is 0 Å². The number of benzene rings is 3. The van der Waals surface area contributed by atoms with E-state index in [1.165, 1.54) is 0 Å². The predicted molar refractivity (Wildman–Crippen MR) is 141 cm³/mol. The van der Waals surface area contributed by atoms with Gasteiger partial charge < -0.3 is 15.0 Å². The van der Waals surface area contributed by atoms with E-state index >= 15 is 0 Å². The molecule has 0 bridgehead atoms. The molecule has 5 nitrogen and oxygen atoms in total. The van der Waals surface area contributed by atoms with Gasteiger partial charge in [-0.25, -0.2) is 0 Å². The molecule has 0 aliphatic carbocycles. The molecule has 6 heteroatoms. The Morgan fingerprint density at radius 3 is 2.37 bits per heavy atom. The molecule has 0 fully saturated rings. The van der Waals surface area contributed by atoms with E-state index in [0.717, 1.165) is 28.7 Å². The maximum Gasteiger partial charge on any atom is 0.261 e. The van der Waals surface area contributed by atoms with Crippen molar-refractivity contribution >= 4 is 23.4 Å². The quantitative estimate of drug-likeness (QED) is 0.384. The highest BCUT2D eigenvalue weighted by atomic mass is 35.5. The fraction of sp³-hybridized carbons (Fsp3) is 0.310. The standard InChI is InChI=1S/C29H33ClN2O3/c1-4-16-31-29(34)26(18-23-8-6-5-7-9-23)32(19-24-12-14-25(30)15-13-24)28(33)20-35-27-17-21(2)10-11-22(27)3/h5-15,17,26H,4,16,18-20H2,1-3H3,(H,31,34)/t26-/m1/s1. The molecule has 0 saturated carbocycles. The zero-order valence-corrected chi connectivity index (χ0v) is 21.3. The molecule has 0 unspecified atom stereocenters. The summed E-state index contributed by atoms with van der Waals surface area (Å²) in [6.07, 6.45) is 1.21. The van der Waals surface area contributed by atoms with Crippen LogP contribution >= 0.6 is 11.6 Å². The minimum absolute atomic E-state index is 0.162. The average Bonchev–Trinajstić information content (AvgIpc) is 2.86. The van der Waals surface area contributed by atoms with Gasteiger partial charge in [-0.1, -0.05) is 73.1 Å². The number of carbonyl (C=O) groups is 2. The second-order valence-corrected chi connectivity index (χ2v) is 9.14. The molecule has 3 aromatic carbocycles. The molecule has 2 amide bonds. The summed E-state index contributed by atoms with van der Waals surface area (Å²) in [4.78, 5) is 28.5. The van der Waals surface area contributed by atoms with Crippen molar-refractivity contribution in [2.75, 3.05) is 13.2 Å². The first-order valence-electron chi connectivity index (χ1n) is 11.9. The molecular formula is C29H33ClN2O3. The van der Waals surface area contributed by atoms with Crippen LogP contribution in [0.15, 0.2) is 72.8 Å². The Kier molecular flexibility index (Phi) is 9.74. The van der Waals surface area contributed by atoms with Gasteiger partial charge in [0.25, 0.3) is 5.91 Å². The van der Waals surface area contributed by atoms with Crippen molar-refractivity contribution < 1.29 is 14.3 Å². The normalized spacial score (nSPS) is 11.5. The lowest BCUT2D eigenvalue weighted by Crippen LogP contribution is -2.51. The summed E-state index contributed by atoms with van der Waals surface area (Å²) in [7, 11) is 0. The van der Waals surface area contributed by atoms with E-state index in [1.54, 1.807) is 17.0 Å². The number of hydrogen-bond acceptors (Lipinski definition) is 3. The van der Waals surface area contributed by atoms with Crippen molar-refractivity contribution in [3.05, 3.63) is 100 Å². The predicted octanol–water partition coefficient (Wildman–Crippen LogP) is 5.50. The van der Waals surface area contributed by atoms with Gasteiger partial charge in [0.15, 0.2) is 6.61 Å². The van der Waals surface area contributed by atoms with E-state index in [1.807, 2.05) is 81.4 Å². The van der Waals surface area contributed by atoms with Crippen LogP contribution in [-0.4, -0.2) is 35.9 Å². The lowest BCUT2D eigenvalue weighted by molar-refractivity contribution is -0.142. The lowest BCUT2D eigenvalue weighted by atomic mass is 10.0. The molecule has 35 heavy (non-hydrogen) atoms. The molecule has 0 heterocycles. The SMILES string of the molecule is CCCNC(=O)[C@@H](Cc1ccccc1)N(Cc1ccc(Cl)cc1)C(=O)COc1cc(C)ccc1C. The van der Waals surface area contributed by atoms with Crippen LogP contribution in [0.1, 0.15) is 35.6 Å². The topological polar surface area (TPSA) is 58.6 Å². The number of aryl methyl sites for hydroxylation is 2. The highest BCUT2D eigenvalue weighted by molar-refractivity contribution is 6.30. The largest absolute Gasteiger partial charge is 0.483 e. The van der Waals surface area contributed by atoms with Gasteiger partial charge in [0, 0.05) is 24.5 Å². The van der Waals surface area contributed by atoms with Crippen LogP contribution < -0.4 is 10.1 Å². The van der Waals surface area contributed by atoms with E-state index in [0.29, 0.717) is 23.7 Å². The lowest BCUT2D eigenvalue weighted by Gasteiger charge is -2.31. The van der Waals surface area contributed by atoms with E-state index < -0.39 is 6.04 Å². The van der Waals surface area contributed by atoms with E-state index in [2.05, 4.69) is 5.32 Å². The third-order valence-electron chi connectivity index (χ3n) is 5.78. The van der Waals surface area contributed by atoms with Crippen LogP contribution in [0.3, 0.4) is 0 Å². The van der Waals surface area contributed by atoms with Crippen molar-refractivity contribution in [3.8, 4) is 5.75 Å². The smallest absolute Gasteiger partial charge is 0.261 e. The Hall–Kier alpha value is -3.31. The third-order valence-corrected chi connectivity index (χ3v) is 6.03. The molecule has 3 aromatic rings. The molecule has 0 aliphatic rings. The second kappa shape index (κ2) is 13.0. The minimum atomic E-state index is -0.686. The Bertz CT molecular complexity index is 1120. The van der Waals surface area contributed by atoms with Gasteiger partial charge in [-0.05, 0) is 60.7 Å². The Morgan fingerprint density at radius 1 is 0.971 bits per heavy atom. The van der Waals surface area contributed by atoms with Crippen molar-refractivity contribution in [1.29, 1.82) is 0 Å². The van der Waals surface area contributed by atoms with Gasteiger partial charge in [-0.3, -0.25) is 9.59 Å². The number of rotatable bonds is 11. The van der Waals surface area contributed by atoms with Gasteiger partial charge in [0.2, 0.25) is 5.91 Å². The van der Waals surface area contributed by atoms with E-state index in [-0.39, 0.29) is 25.0 Å². The zero-order chi connectivity index (χ0) is 25.2. The molecular weight excluding hydrogens is 460 g/mol. The summed E-state index contributed by atoms with van der Waals surface area (Å²) < 4.78 is 5.93. The van der Waals surface area contributed by atoms with Crippen LogP contribution in [-0.2, 0) is 22.6 Å². The van der Waals surface area contributed by atoms with Crippen molar-refractivity contribution in [2.45, 2.75) is 46.2 Å². The van der Waals surface area contributed by atoms with Crippen molar-refractivity contribution in [1.82, 2.24) is 10.2 Å². The molecule has 0 aromatic heterocycles. The number of amides is 2. The summed E-state index contributed by atoms with van der Waals surface area (Å²) in [5.74, 6) is 0.234. The maximum atomic E-state index is 13.6. The monoisotopic (exact) mass is 492 g/mol. The summed E-state index contributed by atoms with van der Waals surface area (Å²) >= 11 is 6.07. The first-order chi connectivity index (χ1) is 16.9. The number of nitrogens with one attached hydrogen (secondary N) is 1. The van der Waals surface area contributed by atoms with Crippen LogP contribution in [0.4, 0.5) is 0 Å². The van der Waals surface area contributed by atoms with Gasteiger partial charge in [-0.2, -0.15) is 0 Å². The summed E-state index contributed by atoms with van der Waals surface area (Å²) in [6.45, 7) is 6.58. The minimum Gasteiger partial charge on any atom is -0.483 e. The fourth-order valence-corrected chi connectivity index (χ4v) is 3.92. The van der Waals surface area contributed by atoms with E-state index in [4.69, 9.17) is 16.3 Å². The Balaban J connectivity index is 1.90. The molecule has 184 valence electrons. The average molecular weight is 493 g/mol. The first-order valence-corrected chi connectivity index (χ1v) is 12.3. The number of nitrogens with zero attached hydrogens (tertiary/aromatic N) is 1. The fourth-order valence-electron chi connectivity index (χ4n) is 3.79. The molecule has 0 spiro atoms. The summed E-state index contributed by atoms with van der Waals surface area (Å²) in [5.41, 5.74) is 3.87. The number of halogens is 1. The third kappa shape index (κ3) is 7.86. The number of ether oxygens (including phenoxy) is 1. The highest BCUT2D eigenvalue weighted by Gasteiger charge is 2.30. The van der Waals surface area contributed by atoms with Crippen LogP contribution in [0.25, 0.3) is 0 Å². The molecule has 1 N–H and O–H groups in total. The van der Waals surface area contributed by atoms with Crippen LogP contribution in [0.2, 0.25) is 5.02 Å². The Labute approximate surface area is 213 Å². The zero-order valence-electron chi connectivity index (χ0n) is 20.6. The molecule has 0 radical (unpaired) electrons. The van der Waals surface area contributed by atoms with E-state index in [9.17, 15) is 9.59 Å². The van der Waals surface area contributed by atoms with Gasteiger partial charge in [0.1, 0.15) is 11.8 Å². The Morgan fingerprint density at radius 2 is 1.69 bits per heavy atom.